The molecule has 0 saturated carbocycles. The van der Waals surface area contributed by atoms with Crippen LogP contribution >= 0.6 is 11.3 Å². The summed E-state index contributed by atoms with van der Waals surface area (Å²) in [6.45, 7) is 4.95. The van der Waals surface area contributed by atoms with E-state index in [9.17, 15) is 4.79 Å². The summed E-state index contributed by atoms with van der Waals surface area (Å²) in [7, 11) is 3.20. The number of Topliss-reactive ketones (excluding diaryl/α,β-unsaturated/α-hetero) is 1. The third kappa shape index (κ3) is 4.56. The Hall–Kier alpha value is -2.12. The van der Waals surface area contributed by atoms with Crippen molar-refractivity contribution in [2.45, 2.75) is 32.2 Å². The van der Waals surface area contributed by atoms with Crippen molar-refractivity contribution in [2.24, 2.45) is 5.92 Å². The zero-order valence-corrected chi connectivity index (χ0v) is 18.0. The lowest BCUT2D eigenvalue weighted by Crippen LogP contribution is -2.38. The van der Waals surface area contributed by atoms with E-state index in [1.165, 1.54) is 17.7 Å². The number of likely N-dealkylation sites (tertiary alicyclic amines) is 1. The molecule has 2 aliphatic rings. The van der Waals surface area contributed by atoms with Crippen molar-refractivity contribution in [3.05, 3.63) is 34.8 Å². The lowest BCUT2D eigenvalue weighted by Gasteiger charge is -2.31. The highest BCUT2D eigenvalue weighted by molar-refractivity contribution is 7.15. The normalized spacial score (nSPS) is 20.1. The number of methoxy groups -OCH3 is 2. The highest BCUT2D eigenvalue weighted by Gasteiger charge is 2.28. The summed E-state index contributed by atoms with van der Waals surface area (Å²) in [5.74, 6) is 1.46. The Labute approximate surface area is 176 Å². The zero-order chi connectivity index (χ0) is 20.2. The third-order valence-corrected chi connectivity index (χ3v) is 6.88. The molecule has 0 radical (unpaired) electrons. The van der Waals surface area contributed by atoms with Crippen LogP contribution in [0, 0.1) is 5.92 Å². The van der Waals surface area contributed by atoms with Crippen molar-refractivity contribution in [1.82, 2.24) is 9.88 Å². The number of hydrogen-bond donors (Lipinski definition) is 0. The quantitative estimate of drug-likeness (QED) is 0.640. The maximum atomic E-state index is 13.1. The molecular weight excluding hydrogens is 386 g/mol. The first kappa shape index (κ1) is 20.2. The molecule has 0 unspecified atom stereocenters. The summed E-state index contributed by atoms with van der Waals surface area (Å²) in [6, 6.07) is 5.45. The van der Waals surface area contributed by atoms with Crippen LogP contribution in [0.4, 0.5) is 5.13 Å². The zero-order valence-electron chi connectivity index (χ0n) is 17.2. The van der Waals surface area contributed by atoms with E-state index >= 15 is 0 Å². The molecule has 2 aliphatic heterocycles. The smallest absolute Gasteiger partial charge is 0.185 e. The van der Waals surface area contributed by atoms with Gasteiger partial charge in [0.05, 0.1) is 14.2 Å². The SMILES string of the molecule is COc1ccc(C(=O)[C@H]2CCCN(Cc3cnc(N4CCCC4)s3)C2)cc1OC. The van der Waals surface area contributed by atoms with E-state index in [0.717, 1.165) is 50.7 Å². The summed E-state index contributed by atoms with van der Waals surface area (Å²) in [6.07, 6.45) is 6.52. The molecule has 2 aromatic rings. The van der Waals surface area contributed by atoms with E-state index in [-0.39, 0.29) is 11.7 Å². The Morgan fingerprint density at radius 3 is 2.69 bits per heavy atom. The van der Waals surface area contributed by atoms with Gasteiger partial charge in [-0.25, -0.2) is 4.98 Å². The van der Waals surface area contributed by atoms with Gasteiger partial charge in [-0.3, -0.25) is 9.69 Å². The van der Waals surface area contributed by atoms with Crippen molar-refractivity contribution in [3.8, 4) is 11.5 Å². The number of carbonyl (C=O) groups excluding carboxylic acids is 1. The van der Waals surface area contributed by atoms with Crippen LogP contribution in [0.5, 0.6) is 11.5 Å². The molecule has 2 fully saturated rings. The molecule has 0 aliphatic carbocycles. The van der Waals surface area contributed by atoms with Gasteiger partial charge in [-0.2, -0.15) is 0 Å². The monoisotopic (exact) mass is 415 g/mol. The molecule has 1 atom stereocenters. The average molecular weight is 416 g/mol. The number of carbonyl (C=O) groups is 1. The van der Waals surface area contributed by atoms with Crippen molar-refractivity contribution in [3.63, 3.8) is 0 Å². The molecule has 0 spiro atoms. The molecule has 0 amide bonds. The van der Waals surface area contributed by atoms with Crippen LogP contribution in [0.25, 0.3) is 0 Å². The molecule has 3 heterocycles. The van der Waals surface area contributed by atoms with Crippen LogP contribution < -0.4 is 14.4 Å². The first-order chi connectivity index (χ1) is 14.2. The van der Waals surface area contributed by atoms with Gasteiger partial charge in [-0.1, -0.05) is 0 Å². The molecule has 1 aromatic heterocycles. The van der Waals surface area contributed by atoms with Gasteiger partial charge < -0.3 is 14.4 Å². The van der Waals surface area contributed by atoms with E-state index in [1.807, 2.05) is 18.3 Å². The number of rotatable bonds is 7. The minimum absolute atomic E-state index is 0.0211. The Bertz CT molecular complexity index is 848. The van der Waals surface area contributed by atoms with Gasteiger partial charge in [-0.15, -0.1) is 11.3 Å². The number of aromatic nitrogens is 1. The van der Waals surface area contributed by atoms with E-state index < -0.39 is 0 Å². The summed E-state index contributed by atoms with van der Waals surface area (Å²) in [5, 5.41) is 1.15. The molecule has 1 aromatic carbocycles. The number of nitrogens with zero attached hydrogens (tertiary/aromatic N) is 3. The second kappa shape index (κ2) is 9.13. The lowest BCUT2D eigenvalue weighted by atomic mass is 9.90. The van der Waals surface area contributed by atoms with E-state index in [2.05, 4.69) is 14.8 Å². The maximum Gasteiger partial charge on any atom is 0.185 e. The van der Waals surface area contributed by atoms with Crippen LogP contribution in [0.2, 0.25) is 0 Å². The Morgan fingerprint density at radius 1 is 1.14 bits per heavy atom. The van der Waals surface area contributed by atoms with Crippen molar-refractivity contribution < 1.29 is 14.3 Å². The van der Waals surface area contributed by atoms with E-state index in [0.29, 0.717) is 17.1 Å². The summed E-state index contributed by atoms with van der Waals surface area (Å²) < 4.78 is 10.6. The molecule has 29 heavy (non-hydrogen) atoms. The van der Waals surface area contributed by atoms with Crippen LogP contribution in [0.1, 0.15) is 40.9 Å². The number of anilines is 1. The van der Waals surface area contributed by atoms with Crippen LogP contribution in [0.3, 0.4) is 0 Å². The molecular formula is C22H29N3O3S. The van der Waals surface area contributed by atoms with Gasteiger partial charge in [-0.05, 0) is 50.4 Å². The predicted molar refractivity (Wildman–Crippen MR) is 115 cm³/mol. The van der Waals surface area contributed by atoms with Gasteiger partial charge in [0.2, 0.25) is 0 Å². The molecule has 156 valence electrons. The third-order valence-electron chi connectivity index (χ3n) is 5.84. The van der Waals surface area contributed by atoms with Gasteiger partial charge in [0.15, 0.2) is 22.4 Å². The number of ether oxygens (including phenoxy) is 2. The molecule has 4 rings (SSSR count). The molecule has 7 heteroatoms. The Balaban J connectivity index is 1.39. The average Bonchev–Trinajstić information content (AvgIpc) is 3.45. The van der Waals surface area contributed by atoms with Gasteiger partial charge >= 0.3 is 0 Å². The molecule has 2 saturated heterocycles. The van der Waals surface area contributed by atoms with Gasteiger partial charge in [0, 0.05) is 48.7 Å². The van der Waals surface area contributed by atoms with Gasteiger partial charge in [0.1, 0.15) is 0 Å². The fourth-order valence-electron chi connectivity index (χ4n) is 4.28. The fraction of sp³-hybridized carbons (Fsp3) is 0.545. The number of ketones is 1. The maximum absolute atomic E-state index is 13.1. The van der Waals surface area contributed by atoms with Crippen molar-refractivity contribution in [1.29, 1.82) is 0 Å². The number of hydrogen-bond acceptors (Lipinski definition) is 7. The number of benzene rings is 1. The van der Waals surface area contributed by atoms with Crippen LogP contribution in [-0.4, -0.2) is 56.1 Å². The van der Waals surface area contributed by atoms with Crippen LogP contribution in [0.15, 0.2) is 24.4 Å². The highest BCUT2D eigenvalue weighted by Crippen LogP contribution is 2.31. The predicted octanol–water partition coefficient (Wildman–Crippen LogP) is 3.86. The minimum Gasteiger partial charge on any atom is -0.493 e. The number of piperidine rings is 1. The number of thiazole rings is 1. The lowest BCUT2D eigenvalue weighted by molar-refractivity contribution is 0.0812. The van der Waals surface area contributed by atoms with Gasteiger partial charge in [0.25, 0.3) is 0 Å². The van der Waals surface area contributed by atoms with E-state index in [1.54, 1.807) is 31.6 Å². The first-order valence-electron chi connectivity index (χ1n) is 10.4. The highest BCUT2D eigenvalue weighted by atomic mass is 32.1. The summed E-state index contributed by atoms with van der Waals surface area (Å²) >= 11 is 1.80. The molecule has 6 nitrogen and oxygen atoms in total. The van der Waals surface area contributed by atoms with Crippen molar-refractivity contribution >= 4 is 22.3 Å². The van der Waals surface area contributed by atoms with Crippen LogP contribution in [-0.2, 0) is 6.54 Å². The first-order valence-corrected chi connectivity index (χ1v) is 11.2. The Morgan fingerprint density at radius 2 is 1.93 bits per heavy atom. The fourth-order valence-corrected chi connectivity index (χ4v) is 5.29. The molecule has 0 bridgehead atoms. The Kier molecular flexibility index (Phi) is 6.35. The standard InChI is InChI=1S/C22H29N3O3S/c1-27-19-8-7-16(12-20(19)28-2)21(26)17-6-5-9-24(14-17)15-18-13-23-22(29-18)25-10-3-4-11-25/h7-8,12-13,17H,3-6,9-11,14-15H2,1-2H3/t17-/m0/s1. The minimum atomic E-state index is 0.0211. The second-order valence-corrected chi connectivity index (χ2v) is 8.91. The largest absolute Gasteiger partial charge is 0.493 e. The molecule has 0 N–H and O–H groups in total. The topological polar surface area (TPSA) is 54.9 Å². The second-order valence-electron chi connectivity index (χ2n) is 7.81. The summed E-state index contributed by atoms with van der Waals surface area (Å²) in [5.41, 5.74) is 0.698. The van der Waals surface area contributed by atoms with E-state index in [4.69, 9.17) is 9.47 Å². The summed E-state index contributed by atoms with van der Waals surface area (Å²) in [4.78, 5) is 23.8. The van der Waals surface area contributed by atoms with Crippen molar-refractivity contribution in [2.75, 3.05) is 45.3 Å².